The number of hydrogen-bond acceptors (Lipinski definition) is 5. The quantitative estimate of drug-likeness (QED) is 0.802. The van der Waals surface area contributed by atoms with Crippen LogP contribution in [0.15, 0.2) is 29.2 Å². The summed E-state index contributed by atoms with van der Waals surface area (Å²) in [7, 11) is 0. The maximum atomic E-state index is 12.3. The Hall–Kier alpha value is -2.21. The van der Waals surface area contributed by atoms with Crippen LogP contribution in [0.1, 0.15) is 37.4 Å². The largest absolute Gasteiger partial charge is 0.465 e. The number of fused-ring (bicyclic) bond motifs is 1. The van der Waals surface area contributed by atoms with E-state index in [9.17, 15) is 9.59 Å². The average molecular weight is 329 g/mol. The highest BCUT2D eigenvalue weighted by Crippen LogP contribution is 2.20. The molecule has 2 aromatic rings. The van der Waals surface area contributed by atoms with E-state index in [1.165, 1.54) is 0 Å². The normalized spacial score (nSPS) is 18.7. The monoisotopic (exact) mass is 329 g/mol. The van der Waals surface area contributed by atoms with Crippen LogP contribution in [0.5, 0.6) is 0 Å². The van der Waals surface area contributed by atoms with E-state index in [4.69, 9.17) is 4.74 Å². The summed E-state index contributed by atoms with van der Waals surface area (Å²) in [6.45, 7) is 5.45. The molecule has 0 amide bonds. The second kappa shape index (κ2) is 7.13. The summed E-state index contributed by atoms with van der Waals surface area (Å²) in [5.74, 6) is -0.176. The van der Waals surface area contributed by atoms with Gasteiger partial charge in [-0.05, 0) is 44.9 Å². The molecule has 3 rings (SSSR count). The van der Waals surface area contributed by atoms with Crippen LogP contribution < -0.4 is 5.56 Å². The first-order valence-corrected chi connectivity index (χ1v) is 8.48. The lowest BCUT2D eigenvalue weighted by Crippen LogP contribution is -2.45. The smallest absolute Gasteiger partial charge is 0.323 e. The second-order valence-corrected chi connectivity index (χ2v) is 6.25. The van der Waals surface area contributed by atoms with Crippen LogP contribution in [0.2, 0.25) is 0 Å². The third kappa shape index (κ3) is 3.48. The Labute approximate surface area is 141 Å². The molecule has 1 saturated heterocycles. The fourth-order valence-electron chi connectivity index (χ4n) is 3.23. The number of nitrogens with zero attached hydrogens (tertiary/aromatic N) is 3. The molecule has 0 aromatic carbocycles. The highest BCUT2D eigenvalue weighted by atomic mass is 16.5. The zero-order chi connectivity index (χ0) is 17.1. The number of carbonyl (C=O) groups is 1. The molecule has 0 spiro atoms. The molecule has 1 aliphatic rings. The van der Waals surface area contributed by atoms with Crippen molar-refractivity contribution >= 4 is 11.6 Å². The van der Waals surface area contributed by atoms with Crippen LogP contribution >= 0.6 is 0 Å². The zero-order valence-electron chi connectivity index (χ0n) is 14.2. The molecular weight excluding hydrogens is 306 g/mol. The molecule has 0 unspecified atom stereocenters. The van der Waals surface area contributed by atoms with E-state index in [1.807, 2.05) is 26.0 Å². The highest BCUT2D eigenvalue weighted by molar-refractivity contribution is 5.75. The molecule has 0 aliphatic carbocycles. The Balaban J connectivity index is 1.86. The number of piperidine rings is 1. The molecule has 3 heterocycles. The lowest BCUT2D eigenvalue weighted by atomic mass is 10.0. The van der Waals surface area contributed by atoms with Gasteiger partial charge in [0.05, 0.1) is 12.3 Å². The summed E-state index contributed by atoms with van der Waals surface area (Å²) in [4.78, 5) is 31.1. The number of likely N-dealkylation sites (tertiary alicyclic amines) is 1. The van der Waals surface area contributed by atoms with Crippen LogP contribution in [0.4, 0.5) is 0 Å². The van der Waals surface area contributed by atoms with Crippen molar-refractivity contribution in [2.75, 3.05) is 13.2 Å². The van der Waals surface area contributed by atoms with Crippen molar-refractivity contribution in [3.05, 3.63) is 46.0 Å². The molecule has 6 heteroatoms. The topological polar surface area (TPSA) is 63.9 Å². The van der Waals surface area contributed by atoms with Crippen LogP contribution in [-0.4, -0.2) is 39.4 Å². The van der Waals surface area contributed by atoms with Crippen molar-refractivity contribution in [1.82, 2.24) is 14.3 Å². The molecule has 1 atom stereocenters. The Morgan fingerprint density at radius 2 is 2.21 bits per heavy atom. The first-order chi connectivity index (χ1) is 11.6. The Bertz CT molecular complexity index is 800. The molecule has 24 heavy (non-hydrogen) atoms. The summed E-state index contributed by atoms with van der Waals surface area (Å²) in [6, 6.07) is 5.10. The van der Waals surface area contributed by atoms with Crippen molar-refractivity contribution < 1.29 is 9.53 Å². The Morgan fingerprint density at radius 1 is 1.38 bits per heavy atom. The van der Waals surface area contributed by atoms with Crippen molar-refractivity contribution in [1.29, 1.82) is 0 Å². The third-order valence-corrected chi connectivity index (χ3v) is 4.40. The van der Waals surface area contributed by atoms with Crippen molar-refractivity contribution in [3.8, 4) is 0 Å². The minimum Gasteiger partial charge on any atom is -0.465 e. The number of ether oxygens (including phenoxy) is 1. The van der Waals surface area contributed by atoms with Gasteiger partial charge in [0.25, 0.3) is 5.56 Å². The summed E-state index contributed by atoms with van der Waals surface area (Å²) in [6.07, 6.45) is 4.65. The summed E-state index contributed by atoms with van der Waals surface area (Å²) >= 11 is 0. The summed E-state index contributed by atoms with van der Waals surface area (Å²) < 4.78 is 6.74. The van der Waals surface area contributed by atoms with Gasteiger partial charge >= 0.3 is 5.97 Å². The van der Waals surface area contributed by atoms with Gasteiger partial charge in [-0.1, -0.05) is 12.5 Å². The number of carbonyl (C=O) groups excluding carboxylic acids is 1. The van der Waals surface area contributed by atoms with Gasteiger partial charge in [-0.2, -0.15) is 0 Å². The van der Waals surface area contributed by atoms with Gasteiger partial charge in [0.15, 0.2) is 0 Å². The van der Waals surface area contributed by atoms with E-state index >= 15 is 0 Å². The van der Waals surface area contributed by atoms with E-state index < -0.39 is 0 Å². The predicted octanol–water partition coefficient (Wildman–Crippen LogP) is 1.92. The number of aryl methyl sites for hydroxylation is 1. The molecule has 128 valence electrons. The first kappa shape index (κ1) is 16.6. The summed E-state index contributed by atoms with van der Waals surface area (Å²) in [5, 5.41) is 0. The van der Waals surface area contributed by atoms with Crippen LogP contribution in [-0.2, 0) is 16.1 Å². The molecule has 0 saturated carbocycles. The Kier molecular flexibility index (Phi) is 4.94. The average Bonchev–Trinajstić information content (AvgIpc) is 2.56. The second-order valence-electron chi connectivity index (χ2n) is 6.25. The summed E-state index contributed by atoms with van der Waals surface area (Å²) in [5.41, 5.74) is 2.24. The van der Waals surface area contributed by atoms with Gasteiger partial charge in [-0.25, -0.2) is 4.98 Å². The van der Waals surface area contributed by atoms with E-state index in [-0.39, 0.29) is 17.6 Å². The maximum Gasteiger partial charge on any atom is 0.323 e. The first-order valence-electron chi connectivity index (χ1n) is 8.48. The van der Waals surface area contributed by atoms with Gasteiger partial charge in [0.2, 0.25) is 0 Å². The van der Waals surface area contributed by atoms with Crippen LogP contribution in [0, 0.1) is 6.92 Å². The Morgan fingerprint density at radius 3 is 3.00 bits per heavy atom. The van der Waals surface area contributed by atoms with Crippen molar-refractivity contribution in [2.24, 2.45) is 0 Å². The molecular formula is C18H23N3O3. The van der Waals surface area contributed by atoms with E-state index in [2.05, 4.69) is 9.88 Å². The molecule has 1 aliphatic heterocycles. The fraction of sp³-hybridized carbons (Fsp3) is 0.500. The fourth-order valence-corrected chi connectivity index (χ4v) is 3.23. The number of pyridine rings is 1. The third-order valence-electron chi connectivity index (χ3n) is 4.40. The lowest BCUT2D eigenvalue weighted by molar-refractivity contribution is -0.151. The molecule has 1 fully saturated rings. The number of aromatic nitrogens is 2. The predicted molar refractivity (Wildman–Crippen MR) is 90.9 cm³/mol. The minimum atomic E-state index is -0.239. The maximum absolute atomic E-state index is 12.3. The highest BCUT2D eigenvalue weighted by Gasteiger charge is 2.30. The van der Waals surface area contributed by atoms with Gasteiger partial charge in [-0.15, -0.1) is 0 Å². The zero-order valence-corrected chi connectivity index (χ0v) is 14.2. The van der Waals surface area contributed by atoms with E-state index in [0.29, 0.717) is 24.5 Å². The molecule has 6 nitrogen and oxygen atoms in total. The molecule has 0 bridgehead atoms. The van der Waals surface area contributed by atoms with Crippen LogP contribution in [0.25, 0.3) is 5.65 Å². The lowest BCUT2D eigenvalue weighted by Gasteiger charge is -2.33. The molecule has 0 radical (unpaired) electrons. The number of esters is 1. The van der Waals surface area contributed by atoms with Gasteiger partial charge < -0.3 is 4.74 Å². The van der Waals surface area contributed by atoms with E-state index in [0.717, 1.165) is 31.4 Å². The molecule has 0 N–H and O–H groups in total. The SMILES string of the molecule is CCOC(=O)[C@H]1CCCCN1Cc1cc(=O)n2cc(C)ccc2n1. The van der Waals surface area contributed by atoms with Crippen LogP contribution in [0.3, 0.4) is 0 Å². The number of rotatable bonds is 4. The van der Waals surface area contributed by atoms with Gasteiger partial charge in [0, 0.05) is 18.8 Å². The standard InChI is InChI=1S/C18H23N3O3/c1-3-24-18(23)15-6-4-5-9-20(15)12-14-10-17(22)21-11-13(2)7-8-16(21)19-14/h7-8,10-11,15H,3-6,9,12H2,1-2H3/t15-/m1/s1. The molecule has 2 aromatic heterocycles. The van der Waals surface area contributed by atoms with Gasteiger partial charge in [0.1, 0.15) is 11.7 Å². The van der Waals surface area contributed by atoms with Crippen molar-refractivity contribution in [2.45, 2.75) is 45.7 Å². The van der Waals surface area contributed by atoms with Gasteiger partial charge in [-0.3, -0.25) is 18.9 Å². The number of hydrogen-bond donors (Lipinski definition) is 0. The van der Waals surface area contributed by atoms with E-state index in [1.54, 1.807) is 16.7 Å². The van der Waals surface area contributed by atoms with Crippen molar-refractivity contribution in [3.63, 3.8) is 0 Å². The minimum absolute atomic E-state index is 0.0941.